The van der Waals surface area contributed by atoms with Gasteiger partial charge in [0.25, 0.3) is 0 Å². The quantitative estimate of drug-likeness (QED) is 0.145. The third kappa shape index (κ3) is 5.97. The Bertz CT molecular complexity index is 1400. The van der Waals surface area contributed by atoms with Crippen molar-refractivity contribution in [3.63, 3.8) is 0 Å². The van der Waals surface area contributed by atoms with Crippen molar-refractivity contribution < 1.29 is 14.6 Å². The molecule has 6 nitrogen and oxygen atoms in total. The fourth-order valence-corrected chi connectivity index (χ4v) is 4.98. The first-order valence-corrected chi connectivity index (χ1v) is 13.6. The lowest BCUT2D eigenvalue weighted by Gasteiger charge is -2.26. The maximum atomic E-state index is 12.5. The molecular formula is C32H35N3O3. The van der Waals surface area contributed by atoms with Gasteiger partial charge in [-0.15, -0.1) is 0 Å². The maximum Gasteiger partial charge on any atom is 0.338 e. The highest BCUT2D eigenvalue weighted by atomic mass is 16.5. The Morgan fingerprint density at radius 1 is 0.974 bits per heavy atom. The number of hydrogen-bond donors (Lipinski definition) is 2. The number of hydrogen-bond acceptors (Lipinski definition) is 5. The van der Waals surface area contributed by atoms with Gasteiger partial charge in [0.2, 0.25) is 0 Å². The third-order valence-electron chi connectivity index (χ3n) is 7.06. The molecule has 0 saturated carbocycles. The van der Waals surface area contributed by atoms with Gasteiger partial charge in [-0.2, -0.15) is 0 Å². The number of aromatic nitrogens is 1. The number of fused-ring (bicyclic) bond motifs is 1. The number of aromatic hydroxyl groups is 1. The number of piperidine rings is 1. The van der Waals surface area contributed by atoms with Crippen LogP contribution >= 0.6 is 0 Å². The molecule has 0 spiro atoms. The van der Waals surface area contributed by atoms with Crippen molar-refractivity contribution in [2.75, 3.05) is 19.7 Å². The van der Waals surface area contributed by atoms with E-state index in [1.807, 2.05) is 48.5 Å². The van der Waals surface area contributed by atoms with E-state index in [-0.39, 0.29) is 11.8 Å². The lowest BCUT2D eigenvalue weighted by molar-refractivity contribution is 0.0500. The molecule has 1 aromatic heterocycles. The van der Waals surface area contributed by atoms with Crippen LogP contribution in [0.3, 0.4) is 0 Å². The first-order valence-electron chi connectivity index (χ1n) is 13.6. The molecule has 5 rings (SSSR count). The van der Waals surface area contributed by atoms with Crippen LogP contribution in [0.1, 0.15) is 66.1 Å². The zero-order valence-corrected chi connectivity index (χ0v) is 22.0. The number of ether oxygens (including phenoxy) is 1. The normalized spacial score (nSPS) is 14.6. The molecule has 0 aliphatic carbocycles. The number of likely N-dealkylation sites (tertiary alicyclic amines) is 1. The van der Waals surface area contributed by atoms with Gasteiger partial charge in [-0.1, -0.05) is 68.3 Å². The van der Waals surface area contributed by atoms with Gasteiger partial charge in [0.05, 0.1) is 29.1 Å². The lowest BCUT2D eigenvalue weighted by Crippen LogP contribution is -2.28. The molecular weight excluding hydrogens is 474 g/mol. The van der Waals surface area contributed by atoms with E-state index in [0.717, 1.165) is 49.1 Å². The second kappa shape index (κ2) is 12.1. The molecule has 0 amide bonds. The van der Waals surface area contributed by atoms with E-state index < -0.39 is 0 Å². The minimum atomic E-state index is -0.363. The zero-order valence-electron chi connectivity index (χ0n) is 22.0. The summed E-state index contributed by atoms with van der Waals surface area (Å²) in [6.07, 6.45) is 5.68. The Morgan fingerprint density at radius 2 is 1.74 bits per heavy atom. The van der Waals surface area contributed by atoms with E-state index in [1.165, 1.54) is 24.8 Å². The average Bonchev–Trinajstić information content (AvgIpc) is 3.28. The highest BCUT2D eigenvalue weighted by Gasteiger charge is 2.20. The predicted octanol–water partition coefficient (Wildman–Crippen LogP) is 6.99. The minimum Gasteiger partial charge on any atom is -0.494 e. The maximum absolute atomic E-state index is 12.5. The van der Waals surface area contributed by atoms with Crippen LogP contribution in [0.4, 0.5) is 5.69 Å². The number of unbranched alkanes of at least 4 members (excludes halogenated alkanes) is 1. The van der Waals surface area contributed by atoms with E-state index in [1.54, 1.807) is 12.1 Å². The van der Waals surface area contributed by atoms with Gasteiger partial charge in [0.1, 0.15) is 0 Å². The molecule has 1 aliphatic heterocycles. The number of nitrogens with one attached hydrogen (secondary N) is 1. The Kier molecular flexibility index (Phi) is 8.19. The van der Waals surface area contributed by atoms with Gasteiger partial charge < -0.3 is 14.8 Å². The Balaban J connectivity index is 1.47. The molecule has 38 heavy (non-hydrogen) atoms. The number of rotatable bonds is 9. The summed E-state index contributed by atoms with van der Waals surface area (Å²) >= 11 is 0. The molecule has 0 atom stereocenters. The molecule has 2 heterocycles. The molecule has 0 bridgehead atoms. The highest BCUT2D eigenvalue weighted by Crippen LogP contribution is 2.32. The van der Waals surface area contributed by atoms with Gasteiger partial charge in [-0.3, -0.25) is 4.90 Å². The van der Waals surface area contributed by atoms with Crippen molar-refractivity contribution >= 4 is 28.3 Å². The molecule has 196 valence electrons. The van der Waals surface area contributed by atoms with E-state index >= 15 is 0 Å². The van der Waals surface area contributed by atoms with Crippen LogP contribution in [0, 0.1) is 0 Å². The van der Waals surface area contributed by atoms with Crippen LogP contribution in [0.25, 0.3) is 10.9 Å². The number of aliphatic imine (C=N–C) groups is 1. The smallest absolute Gasteiger partial charge is 0.338 e. The molecule has 1 saturated heterocycles. The fraction of sp³-hybridized carbons (Fsp3) is 0.312. The molecule has 6 heteroatoms. The van der Waals surface area contributed by atoms with E-state index in [4.69, 9.17) is 9.73 Å². The average molecular weight is 510 g/mol. The summed E-state index contributed by atoms with van der Waals surface area (Å²) in [6.45, 7) is 5.74. The van der Waals surface area contributed by atoms with Gasteiger partial charge in [0.15, 0.2) is 5.88 Å². The Morgan fingerprint density at radius 3 is 2.47 bits per heavy atom. The molecule has 3 aromatic carbocycles. The van der Waals surface area contributed by atoms with Gasteiger partial charge in [-0.25, -0.2) is 9.79 Å². The van der Waals surface area contributed by atoms with E-state index in [9.17, 15) is 9.90 Å². The van der Waals surface area contributed by atoms with Crippen LogP contribution in [0.5, 0.6) is 5.88 Å². The zero-order chi connectivity index (χ0) is 26.3. The van der Waals surface area contributed by atoms with Crippen molar-refractivity contribution in [3.8, 4) is 5.88 Å². The summed E-state index contributed by atoms with van der Waals surface area (Å²) in [7, 11) is 0. The predicted molar refractivity (Wildman–Crippen MR) is 152 cm³/mol. The van der Waals surface area contributed by atoms with Crippen LogP contribution in [0.15, 0.2) is 77.8 Å². The third-order valence-corrected chi connectivity index (χ3v) is 7.06. The molecule has 0 radical (unpaired) electrons. The molecule has 4 aromatic rings. The summed E-state index contributed by atoms with van der Waals surface area (Å²) in [5.74, 6) is -0.349. The molecule has 1 aliphatic rings. The number of nitrogens with zero attached hydrogens (tertiary/aromatic N) is 2. The second-order valence-electron chi connectivity index (χ2n) is 9.93. The van der Waals surface area contributed by atoms with Crippen LogP contribution < -0.4 is 0 Å². The molecule has 0 unspecified atom stereocenters. The minimum absolute atomic E-state index is 0.0147. The first-order chi connectivity index (χ1) is 18.6. The Hall–Kier alpha value is -3.90. The van der Waals surface area contributed by atoms with Crippen LogP contribution in [-0.4, -0.2) is 46.4 Å². The first kappa shape index (κ1) is 25.7. The highest BCUT2D eigenvalue weighted by molar-refractivity contribution is 6.22. The summed E-state index contributed by atoms with van der Waals surface area (Å²) in [4.78, 5) is 23.0. The largest absolute Gasteiger partial charge is 0.494 e. The Labute approximate surface area is 224 Å². The van der Waals surface area contributed by atoms with Gasteiger partial charge in [-0.05, 0) is 62.2 Å². The number of H-pyrrole nitrogens is 1. The monoisotopic (exact) mass is 509 g/mol. The van der Waals surface area contributed by atoms with E-state index in [0.29, 0.717) is 29.0 Å². The standard InChI is InChI=1S/C32H35N3O3/c1-2-3-20-38-32(37)25-14-17-27-28(21-25)34-31(36)29(27)30(24-10-6-4-7-11-24)33-26-15-12-23(13-16-26)22-35-18-8-5-9-19-35/h4,6-7,10-17,21,34,36H,2-3,5,8-9,18-20,22H2,1H3. The molecule has 1 fully saturated rings. The SMILES string of the molecule is CCCCOC(=O)c1ccc2c(C(=Nc3ccc(CN4CCCCC4)cc3)c3ccccc3)c(O)[nH]c2c1. The van der Waals surface area contributed by atoms with Gasteiger partial charge in [0, 0.05) is 23.0 Å². The van der Waals surface area contributed by atoms with Crippen LogP contribution in [0.2, 0.25) is 0 Å². The van der Waals surface area contributed by atoms with E-state index in [2.05, 4.69) is 28.9 Å². The summed E-state index contributed by atoms with van der Waals surface area (Å²) in [6, 6.07) is 23.5. The van der Waals surface area contributed by atoms with Gasteiger partial charge >= 0.3 is 5.97 Å². The lowest BCUT2D eigenvalue weighted by atomic mass is 10.00. The van der Waals surface area contributed by atoms with Crippen molar-refractivity contribution in [1.82, 2.24) is 9.88 Å². The number of carbonyl (C=O) groups is 1. The molecule has 2 N–H and O–H groups in total. The second-order valence-corrected chi connectivity index (χ2v) is 9.93. The summed E-state index contributed by atoms with van der Waals surface area (Å²) in [5.41, 5.74) is 5.36. The van der Waals surface area contributed by atoms with Crippen molar-refractivity contribution in [3.05, 3.63) is 95.1 Å². The van der Waals surface area contributed by atoms with Crippen molar-refractivity contribution in [1.29, 1.82) is 0 Å². The number of carbonyl (C=O) groups excluding carboxylic acids is 1. The summed E-state index contributed by atoms with van der Waals surface area (Å²) in [5, 5.41) is 11.8. The number of aromatic amines is 1. The topological polar surface area (TPSA) is 77.9 Å². The number of benzene rings is 3. The van der Waals surface area contributed by atoms with Crippen molar-refractivity contribution in [2.45, 2.75) is 45.6 Å². The number of esters is 1. The fourth-order valence-electron chi connectivity index (χ4n) is 4.98. The van der Waals surface area contributed by atoms with Crippen molar-refractivity contribution in [2.24, 2.45) is 4.99 Å². The summed E-state index contributed by atoms with van der Waals surface area (Å²) < 4.78 is 5.37. The van der Waals surface area contributed by atoms with Crippen LogP contribution in [-0.2, 0) is 11.3 Å².